The molecule has 0 aromatic rings. The largest absolute Gasteiger partial charge is 1.00 e. The molecule has 3 nitrogen and oxygen atoms in total. The molecule has 0 aliphatic heterocycles. The minimum absolute atomic E-state index is 0. The van der Waals surface area contributed by atoms with Crippen LogP contribution >= 0.6 is 0 Å². The number of rotatable bonds is 5. The molecular formula is C14H27ClN2O. The van der Waals surface area contributed by atoms with Crippen LogP contribution in [0.5, 0.6) is 0 Å². The van der Waals surface area contributed by atoms with E-state index in [1.807, 2.05) is 19.1 Å². The summed E-state index contributed by atoms with van der Waals surface area (Å²) in [5, 5.41) is 0. The van der Waals surface area contributed by atoms with E-state index in [0.717, 1.165) is 23.6 Å². The SMILES string of the molecule is C=CC.C=CC(N)=O.C=CC[N+](C)(C)CC=C.[Cl-]. The molecule has 0 radical (unpaired) electrons. The number of nitrogens with two attached hydrogens (primary N) is 1. The van der Waals surface area contributed by atoms with E-state index >= 15 is 0 Å². The van der Waals surface area contributed by atoms with Crippen LogP contribution in [0, 0.1) is 0 Å². The van der Waals surface area contributed by atoms with Gasteiger partial charge in [-0.3, -0.25) is 4.79 Å². The lowest BCUT2D eigenvalue weighted by Crippen LogP contribution is -3.00. The smallest absolute Gasteiger partial charge is 0.240 e. The first-order chi connectivity index (χ1) is 7.81. The van der Waals surface area contributed by atoms with Crippen molar-refractivity contribution in [2.75, 3.05) is 27.2 Å². The average Bonchev–Trinajstić information content (AvgIpc) is 2.19. The predicted octanol–water partition coefficient (Wildman–Crippen LogP) is -0.711. The zero-order chi connectivity index (χ0) is 14.3. The highest BCUT2D eigenvalue weighted by molar-refractivity contribution is 5.84. The molecule has 0 fully saturated rings. The van der Waals surface area contributed by atoms with Crippen LogP contribution in [0.3, 0.4) is 0 Å². The van der Waals surface area contributed by atoms with Gasteiger partial charge in [0.05, 0.1) is 27.2 Å². The maximum atomic E-state index is 9.47. The Balaban J connectivity index is -0.0000000931. The summed E-state index contributed by atoms with van der Waals surface area (Å²) in [6, 6.07) is 0. The first-order valence-corrected chi connectivity index (χ1v) is 5.34. The van der Waals surface area contributed by atoms with E-state index in [2.05, 4.69) is 46.1 Å². The minimum Gasteiger partial charge on any atom is -1.00 e. The summed E-state index contributed by atoms with van der Waals surface area (Å²) in [4.78, 5) is 9.47. The van der Waals surface area contributed by atoms with E-state index < -0.39 is 5.91 Å². The van der Waals surface area contributed by atoms with Crippen LogP contribution < -0.4 is 18.1 Å². The molecule has 4 heteroatoms. The molecule has 1 amide bonds. The van der Waals surface area contributed by atoms with Crippen LogP contribution in [0.4, 0.5) is 0 Å². The molecule has 0 aromatic carbocycles. The normalized spacial score (nSPS) is 7.94. The van der Waals surface area contributed by atoms with E-state index in [9.17, 15) is 4.79 Å². The molecule has 0 saturated heterocycles. The Morgan fingerprint density at radius 1 is 1.11 bits per heavy atom. The van der Waals surface area contributed by atoms with Crippen LogP contribution in [-0.4, -0.2) is 37.6 Å². The second-order valence-electron chi connectivity index (χ2n) is 3.89. The highest BCUT2D eigenvalue weighted by Gasteiger charge is 2.07. The number of carbonyl (C=O) groups is 1. The topological polar surface area (TPSA) is 43.1 Å². The fraction of sp³-hybridized carbons (Fsp3) is 0.357. The highest BCUT2D eigenvalue weighted by atomic mass is 35.5. The fourth-order valence-corrected chi connectivity index (χ4v) is 0.774. The average molecular weight is 275 g/mol. The maximum absolute atomic E-state index is 9.47. The molecular weight excluding hydrogens is 248 g/mol. The van der Waals surface area contributed by atoms with E-state index in [1.54, 1.807) is 6.08 Å². The second-order valence-corrected chi connectivity index (χ2v) is 3.89. The molecule has 0 rings (SSSR count). The Morgan fingerprint density at radius 2 is 1.33 bits per heavy atom. The highest BCUT2D eigenvalue weighted by Crippen LogP contribution is 1.95. The van der Waals surface area contributed by atoms with Gasteiger partial charge in [-0.05, 0) is 25.2 Å². The van der Waals surface area contributed by atoms with E-state index in [-0.39, 0.29) is 12.4 Å². The summed E-state index contributed by atoms with van der Waals surface area (Å²) in [6.07, 6.45) is 6.67. The third-order valence-corrected chi connectivity index (χ3v) is 1.45. The van der Waals surface area contributed by atoms with Gasteiger partial charge in [0.1, 0.15) is 0 Å². The Kier molecular flexibility index (Phi) is 25.6. The Morgan fingerprint density at radius 3 is 1.44 bits per heavy atom. The second kappa shape index (κ2) is 18.1. The number of likely N-dealkylation sites (N-methyl/N-ethyl adjacent to an activating group) is 1. The van der Waals surface area contributed by atoms with Crippen molar-refractivity contribution in [3.8, 4) is 0 Å². The van der Waals surface area contributed by atoms with Crippen LogP contribution in [0.15, 0.2) is 50.6 Å². The monoisotopic (exact) mass is 274 g/mol. The lowest BCUT2D eigenvalue weighted by atomic mass is 10.4. The molecule has 18 heavy (non-hydrogen) atoms. The van der Waals surface area contributed by atoms with Gasteiger partial charge in [-0.25, -0.2) is 0 Å². The first kappa shape index (κ1) is 25.5. The number of hydrogen-bond acceptors (Lipinski definition) is 1. The number of quaternary nitrogens is 1. The van der Waals surface area contributed by atoms with E-state index in [0.29, 0.717) is 0 Å². The number of allylic oxidation sites excluding steroid dienone is 1. The van der Waals surface area contributed by atoms with Crippen molar-refractivity contribution in [2.45, 2.75) is 6.92 Å². The van der Waals surface area contributed by atoms with Gasteiger partial charge in [0.25, 0.3) is 0 Å². The van der Waals surface area contributed by atoms with Crippen molar-refractivity contribution in [1.82, 2.24) is 0 Å². The lowest BCUT2D eigenvalue weighted by Gasteiger charge is -2.26. The van der Waals surface area contributed by atoms with Gasteiger partial charge in [-0.2, -0.15) is 0 Å². The van der Waals surface area contributed by atoms with Crippen molar-refractivity contribution < 1.29 is 21.7 Å². The van der Waals surface area contributed by atoms with Gasteiger partial charge in [-0.15, -0.1) is 6.58 Å². The van der Waals surface area contributed by atoms with Crippen LogP contribution in [0.1, 0.15) is 6.92 Å². The standard InChI is InChI=1S/C8H16N.C3H5NO.C3H6.ClH/c1-5-7-9(3,4)8-6-2;1-2-3(4)5;1-3-2;/h5-6H,1-2,7-8H2,3-4H3;2H,1H2,(H2,4,5);3H,1H2,2H3;1H/q+1;;;/p-1. The van der Waals surface area contributed by atoms with Crippen LogP contribution in [-0.2, 0) is 4.79 Å². The molecule has 0 aromatic heterocycles. The van der Waals surface area contributed by atoms with Gasteiger partial charge < -0.3 is 22.6 Å². The zero-order valence-corrected chi connectivity index (χ0v) is 12.6. The summed E-state index contributed by atoms with van der Waals surface area (Å²) < 4.78 is 0.951. The molecule has 0 unspecified atom stereocenters. The molecule has 106 valence electrons. The number of nitrogens with zero attached hydrogens (tertiary/aromatic N) is 1. The number of primary amides is 1. The van der Waals surface area contributed by atoms with Crippen molar-refractivity contribution in [2.24, 2.45) is 5.73 Å². The van der Waals surface area contributed by atoms with Crippen LogP contribution in [0.2, 0.25) is 0 Å². The molecule has 0 saturated carbocycles. The Labute approximate surface area is 118 Å². The van der Waals surface area contributed by atoms with E-state index in [4.69, 9.17) is 0 Å². The van der Waals surface area contributed by atoms with Gasteiger partial charge in [-0.1, -0.05) is 25.8 Å². The van der Waals surface area contributed by atoms with Gasteiger partial charge in [0.2, 0.25) is 5.91 Å². The number of amides is 1. The van der Waals surface area contributed by atoms with Gasteiger partial charge >= 0.3 is 0 Å². The predicted molar refractivity (Wildman–Crippen MR) is 77.5 cm³/mol. The summed E-state index contributed by atoms with van der Waals surface area (Å²) in [5.41, 5.74) is 4.53. The van der Waals surface area contributed by atoms with Crippen molar-refractivity contribution >= 4 is 5.91 Å². The minimum atomic E-state index is -0.481. The molecule has 0 bridgehead atoms. The third kappa shape index (κ3) is 36.5. The van der Waals surface area contributed by atoms with Crippen LogP contribution in [0.25, 0.3) is 0 Å². The van der Waals surface area contributed by atoms with Crippen molar-refractivity contribution in [3.05, 3.63) is 50.6 Å². The number of carbonyl (C=O) groups excluding carboxylic acids is 1. The fourth-order valence-electron chi connectivity index (χ4n) is 0.774. The van der Waals surface area contributed by atoms with E-state index in [1.165, 1.54) is 0 Å². The molecule has 2 N–H and O–H groups in total. The summed E-state index contributed by atoms with van der Waals surface area (Å²) >= 11 is 0. The summed E-state index contributed by atoms with van der Waals surface area (Å²) in [7, 11) is 4.31. The third-order valence-electron chi connectivity index (χ3n) is 1.45. The van der Waals surface area contributed by atoms with Gasteiger partial charge in [0, 0.05) is 0 Å². The summed E-state index contributed by atoms with van der Waals surface area (Å²) in [5.74, 6) is -0.481. The Hall–Kier alpha value is -1.32. The number of hydrogen-bond donors (Lipinski definition) is 1. The van der Waals surface area contributed by atoms with Crippen molar-refractivity contribution in [3.63, 3.8) is 0 Å². The van der Waals surface area contributed by atoms with Gasteiger partial charge in [0.15, 0.2) is 0 Å². The quantitative estimate of drug-likeness (QED) is 0.402. The molecule has 0 aliphatic carbocycles. The first-order valence-electron chi connectivity index (χ1n) is 5.34. The lowest BCUT2D eigenvalue weighted by molar-refractivity contribution is -0.878. The molecule has 0 spiro atoms. The Bertz CT molecular complexity index is 236. The molecule has 0 aliphatic rings. The molecule has 0 atom stereocenters. The van der Waals surface area contributed by atoms with Crippen molar-refractivity contribution in [1.29, 1.82) is 0 Å². The summed E-state index contributed by atoms with van der Waals surface area (Å²) in [6.45, 7) is 17.7. The molecule has 0 heterocycles. The maximum Gasteiger partial charge on any atom is 0.240 e. The zero-order valence-electron chi connectivity index (χ0n) is 11.9. The number of halogens is 1.